The topological polar surface area (TPSA) is 116 Å². The van der Waals surface area contributed by atoms with E-state index in [-0.39, 0.29) is 29.6 Å². The Kier molecular flexibility index (Phi) is 4.82. The van der Waals surface area contributed by atoms with E-state index >= 15 is 0 Å². The van der Waals surface area contributed by atoms with Gasteiger partial charge in [0.15, 0.2) is 0 Å². The van der Waals surface area contributed by atoms with Crippen molar-refractivity contribution in [3.63, 3.8) is 0 Å². The maximum absolute atomic E-state index is 12.0. The van der Waals surface area contributed by atoms with Crippen molar-refractivity contribution in [1.29, 1.82) is 0 Å². The summed E-state index contributed by atoms with van der Waals surface area (Å²) in [4.78, 5) is 24.1. The van der Waals surface area contributed by atoms with Gasteiger partial charge < -0.3 is 10.3 Å². The molecule has 1 aromatic heterocycles. The third-order valence-corrected chi connectivity index (χ3v) is 5.79. The molecule has 144 valence electrons. The Bertz CT molecular complexity index is 1130. The van der Waals surface area contributed by atoms with Crippen molar-refractivity contribution in [3.8, 4) is 0 Å². The largest absolute Gasteiger partial charge is 0.356 e. The zero-order valence-electron chi connectivity index (χ0n) is 15.0. The van der Waals surface area contributed by atoms with Gasteiger partial charge in [-0.3, -0.25) is 14.5 Å². The molecule has 4 rings (SSSR count). The monoisotopic (exact) mass is 397 g/mol. The molecule has 1 aliphatic heterocycles. The number of aliphatic imine (C=N–C) groups is 1. The predicted octanol–water partition coefficient (Wildman–Crippen LogP) is 1.35. The second kappa shape index (κ2) is 7.43. The number of para-hydroxylation sites is 2. The van der Waals surface area contributed by atoms with Crippen molar-refractivity contribution in [1.82, 2.24) is 20.0 Å². The molecule has 2 aromatic carbocycles. The maximum atomic E-state index is 12.0. The molecule has 3 aromatic rings. The summed E-state index contributed by atoms with van der Waals surface area (Å²) < 4.78 is 26.5. The molecule has 0 fully saturated rings. The number of nitrogens with zero attached hydrogens (tertiary/aromatic N) is 2. The summed E-state index contributed by atoms with van der Waals surface area (Å²) in [6.07, 6.45) is 0.773. The van der Waals surface area contributed by atoms with Crippen LogP contribution in [0.5, 0.6) is 0 Å². The van der Waals surface area contributed by atoms with Gasteiger partial charge in [0, 0.05) is 24.9 Å². The van der Waals surface area contributed by atoms with E-state index in [0.717, 1.165) is 16.9 Å². The minimum absolute atomic E-state index is 0.144. The van der Waals surface area contributed by atoms with Crippen LogP contribution in [0.4, 0.5) is 0 Å². The average molecular weight is 397 g/mol. The summed E-state index contributed by atoms with van der Waals surface area (Å²) in [5.41, 5.74) is 2.41. The van der Waals surface area contributed by atoms with E-state index in [0.29, 0.717) is 18.5 Å². The average Bonchev–Trinajstić information content (AvgIpc) is 3.20. The smallest absolute Gasteiger partial charge is 0.263 e. The molecular formula is C19H19N5O3S. The molecule has 9 heteroatoms. The minimum Gasteiger partial charge on any atom is -0.356 e. The summed E-state index contributed by atoms with van der Waals surface area (Å²) in [6.45, 7) is 0.660. The first-order chi connectivity index (χ1) is 13.5. The molecule has 0 spiro atoms. The number of fused-ring (bicyclic) bond motifs is 2. The van der Waals surface area contributed by atoms with Crippen LogP contribution in [0.2, 0.25) is 0 Å². The van der Waals surface area contributed by atoms with Gasteiger partial charge in [0.1, 0.15) is 11.7 Å². The van der Waals surface area contributed by atoms with Crippen molar-refractivity contribution < 1.29 is 13.2 Å². The lowest BCUT2D eigenvalue weighted by Crippen LogP contribution is -2.27. The third kappa shape index (κ3) is 3.74. The van der Waals surface area contributed by atoms with E-state index in [4.69, 9.17) is 0 Å². The number of carbonyl (C=O) groups excluding carboxylic acids is 1. The molecule has 1 aliphatic rings. The lowest BCUT2D eigenvalue weighted by atomic mass is 10.2. The molecule has 0 atom stereocenters. The third-order valence-electron chi connectivity index (χ3n) is 4.39. The molecule has 0 aliphatic carbocycles. The molecule has 8 nitrogen and oxygen atoms in total. The minimum atomic E-state index is -3.55. The molecule has 0 radical (unpaired) electrons. The first kappa shape index (κ1) is 18.2. The first-order valence-corrected chi connectivity index (χ1v) is 10.4. The number of rotatable bonds is 6. The highest BCUT2D eigenvalue weighted by Crippen LogP contribution is 2.22. The molecule has 0 saturated carbocycles. The number of sulfonamides is 1. The number of amidine groups is 1. The Labute approximate surface area is 162 Å². The van der Waals surface area contributed by atoms with Crippen molar-refractivity contribution in [3.05, 3.63) is 59.9 Å². The fourth-order valence-corrected chi connectivity index (χ4v) is 4.30. The quantitative estimate of drug-likeness (QED) is 0.582. The van der Waals surface area contributed by atoms with E-state index in [1.165, 1.54) is 6.07 Å². The standard InChI is InChI=1S/C19H19N5O3S/c25-18(20-11-9-17-22-14-6-2-3-7-15(14)23-17)10-12-21-19-13-5-1-4-8-16(13)28(26,27)24-19/h1-8H,9-12H2,(H,20,25)(H,21,24)(H,22,23). The van der Waals surface area contributed by atoms with Crippen LogP contribution in [0.15, 0.2) is 58.4 Å². The maximum Gasteiger partial charge on any atom is 0.263 e. The normalized spacial score (nSPS) is 16.1. The highest BCUT2D eigenvalue weighted by atomic mass is 32.2. The lowest BCUT2D eigenvalue weighted by Gasteiger charge is -2.03. The Morgan fingerprint density at radius 3 is 2.75 bits per heavy atom. The zero-order valence-corrected chi connectivity index (χ0v) is 15.8. The van der Waals surface area contributed by atoms with Gasteiger partial charge in [-0.05, 0) is 24.3 Å². The van der Waals surface area contributed by atoms with E-state index in [1.54, 1.807) is 18.2 Å². The number of imidazole rings is 1. The Morgan fingerprint density at radius 1 is 1.11 bits per heavy atom. The predicted molar refractivity (Wildman–Crippen MR) is 106 cm³/mol. The number of carbonyl (C=O) groups is 1. The number of nitrogens with one attached hydrogen (secondary N) is 3. The number of aromatic amines is 1. The Morgan fingerprint density at radius 2 is 1.89 bits per heavy atom. The van der Waals surface area contributed by atoms with Gasteiger partial charge in [-0.25, -0.2) is 13.4 Å². The number of benzene rings is 2. The van der Waals surface area contributed by atoms with Crippen LogP contribution in [0, 0.1) is 0 Å². The van der Waals surface area contributed by atoms with Gasteiger partial charge in [0.25, 0.3) is 10.0 Å². The van der Waals surface area contributed by atoms with E-state index in [1.807, 2.05) is 24.3 Å². The molecule has 0 bridgehead atoms. The number of H-pyrrole nitrogens is 1. The second-order valence-corrected chi connectivity index (χ2v) is 8.03. The van der Waals surface area contributed by atoms with Crippen LogP contribution in [0.1, 0.15) is 17.8 Å². The second-order valence-electron chi connectivity index (χ2n) is 6.38. The molecule has 1 amide bonds. The molecule has 0 unspecified atom stereocenters. The van der Waals surface area contributed by atoms with E-state index in [2.05, 4.69) is 25.0 Å². The van der Waals surface area contributed by atoms with Gasteiger partial charge in [0.2, 0.25) is 5.91 Å². The fourth-order valence-electron chi connectivity index (χ4n) is 3.05. The number of amides is 1. The van der Waals surface area contributed by atoms with Crippen molar-refractivity contribution in [2.45, 2.75) is 17.7 Å². The van der Waals surface area contributed by atoms with E-state index < -0.39 is 10.0 Å². The summed E-state index contributed by atoms with van der Waals surface area (Å²) in [7, 11) is -3.55. The van der Waals surface area contributed by atoms with Gasteiger partial charge >= 0.3 is 0 Å². The van der Waals surface area contributed by atoms with Crippen LogP contribution < -0.4 is 10.0 Å². The first-order valence-electron chi connectivity index (χ1n) is 8.90. The van der Waals surface area contributed by atoms with Gasteiger partial charge in [-0.15, -0.1) is 0 Å². The zero-order chi connectivity index (χ0) is 19.6. The van der Waals surface area contributed by atoms with Crippen LogP contribution in [-0.2, 0) is 21.2 Å². The highest BCUT2D eigenvalue weighted by molar-refractivity contribution is 7.90. The Balaban J connectivity index is 1.28. The van der Waals surface area contributed by atoms with Crippen molar-refractivity contribution >= 4 is 32.8 Å². The van der Waals surface area contributed by atoms with Crippen molar-refractivity contribution in [2.75, 3.05) is 13.1 Å². The Hall–Kier alpha value is -3.20. The van der Waals surface area contributed by atoms with Gasteiger partial charge in [0.05, 0.1) is 22.5 Å². The van der Waals surface area contributed by atoms with Crippen LogP contribution in [0.25, 0.3) is 11.0 Å². The van der Waals surface area contributed by atoms with E-state index in [9.17, 15) is 13.2 Å². The SMILES string of the molecule is O=C(CCN=C1NS(=O)(=O)c2ccccc21)NCCc1nc2ccccc2[nH]1. The summed E-state index contributed by atoms with van der Waals surface area (Å²) >= 11 is 0. The lowest BCUT2D eigenvalue weighted by molar-refractivity contribution is -0.120. The molecule has 28 heavy (non-hydrogen) atoms. The molecule has 0 saturated heterocycles. The molecule has 3 N–H and O–H groups in total. The summed E-state index contributed by atoms with van der Waals surface area (Å²) in [5.74, 6) is 0.957. The van der Waals surface area contributed by atoms with Crippen LogP contribution in [0.3, 0.4) is 0 Å². The fraction of sp³-hybridized carbons (Fsp3) is 0.211. The van der Waals surface area contributed by atoms with Gasteiger partial charge in [-0.2, -0.15) is 0 Å². The molecular weight excluding hydrogens is 378 g/mol. The highest BCUT2D eigenvalue weighted by Gasteiger charge is 2.29. The summed E-state index contributed by atoms with van der Waals surface area (Å²) in [6, 6.07) is 14.4. The summed E-state index contributed by atoms with van der Waals surface area (Å²) in [5, 5.41) is 2.83. The van der Waals surface area contributed by atoms with Crippen molar-refractivity contribution in [2.24, 2.45) is 4.99 Å². The molecule has 2 heterocycles. The number of hydrogen-bond acceptors (Lipinski definition) is 5. The number of hydrogen-bond donors (Lipinski definition) is 3. The van der Waals surface area contributed by atoms with Crippen LogP contribution >= 0.6 is 0 Å². The van der Waals surface area contributed by atoms with Crippen LogP contribution in [-0.4, -0.2) is 43.2 Å². The number of aromatic nitrogens is 2. The van der Waals surface area contributed by atoms with Gasteiger partial charge in [-0.1, -0.05) is 24.3 Å².